The third-order valence-corrected chi connectivity index (χ3v) is 2.90. The smallest absolute Gasteiger partial charge is 0.177 e. The molecule has 2 rings (SSSR count). The highest BCUT2D eigenvalue weighted by atomic mass is 32.1. The van der Waals surface area contributed by atoms with Crippen LogP contribution in [0.25, 0.3) is 11.3 Å². The van der Waals surface area contributed by atoms with Crippen LogP contribution in [0.4, 0.5) is 0 Å². The Hall–Kier alpha value is -1.81. The van der Waals surface area contributed by atoms with Gasteiger partial charge in [-0.3, -0.25) is 0 Å². The van der Waals surface area contributed by atoms with Crippen molar-refractivity contribution in [3.05, 3.63) is 47.9 Å². The summed E-state index contributed by atoms with van der Waals surface area (Å²) in [5.41, 5.74) is 2.15. The molecular formula is C13H14N2OS. The lowest BCUT2D eigenvalue weighted by Crippen LogP contribution is -1.97. The molecule has 0 aliphatic carbocycles. The van der Waals surface area contributed by atoms with E-state index in [0.29, 0.717) is 11.3 Å². The van der Waals surface area contributed by atoms with E-state index in [0.717, 1.165) is 17.0 Å². The van der Waals surface area contributed by atoms with Crippen molar-refractivity contribution in [2.75, 3.05) is 7.11 Å². The van der Waals surface area contributed by atoms with Crippen LogP contribution in [0.1, 0.15) is 0 Å². The van der Waals surface area contributed by atoms with Gasteiger partial charge in [0.25, 0.3) is 0 Å². The number of hydrogen-bond donors (Lipinski definition) is 1. The molecule has 1 aromatic carbocycles. The van der Waals surface area contributed by atoms with Gasteiger partial charge in [-0.05, 0) is 42.0 Å². The maximum Gasteiger partial charge on any atom is 0.177 e. The molecule has 0 amide bonds. The van der Waals surface area contributed by atoms with Gasteiger partial charge in [0, 0.05) is 12.7 Å². The molecular weight excluding hydrogens is 232 g/mol. The lowest BCUT2D eigenvalue weighted by Gasteiger charge is -2.06. The molecule has 1 heterocycles. The van der Waals surface area contributed by atoms with Crippen molar-refractivity contribution in [1.29, 1.82) is 0 Å². The van der Waals surface area contributed by atoms with E-state index >= 15 is 0 Å². The van der Waals surface area contributed by atoms with Gasteiger partial charge < -0.3 is 14.3 Å². The van der Waals surface area contributed by atoms with Gasteiger partial charge in [-0.1, -0.05) is 6.08 Å². The number of aromatic amines is 1. The minimum absolute atomic E-state index is 0.698. The number of nitrogens with one attached hydrogen (secondary N) is 1. The number of rotatable bonds is 4. The molecule has 0 unspecified atom stereocenters. The van der Waals surface area contributed by atoms with Crippen molar-refractivity contribution in [1.82, 2.24) is 9.55 Å². The molecule has 0 fully saturated rings. The molecule has 0 bridgehead atoms. The van der Waals surface area contributed by atoms with Crippen LogP contribution < -0.4 is 4.74 Å². The number of H-pyrrole nitrogens is 1. The first-order valence-corrected chi connectivity index (χ1v) is 5.70. The Balaban J connectivity index is 2.44. The standard InChI is InChI=1S/C13H14N2OS/c1-3-8-15-12(9-14-13(15)17)10-4-6-11(16-2)7-5-10/h3-7,9H,1,8H2,2H3,(H,14,17). The minimum atomic E-state index is 0.698. The maximum absolute atomic E-state index is 5.22. The van der Waals surface area contributed by atoms with Crippen LogP contribution >= 0.6 is 12.2 Å². The monoisotopic (exact) mass is 246 g/mol. The van der Waals surface area contributed by atoms with Crippen molar-refractivity contribution in [2.24, 2.45) is 0 Å². The zero-order valence-corrected chi connectivity index (χ0v) is 10.5. The Morgan fingerprint density at radius 2 is 2.12 bits per heavy atom. The van der Waals surface area contributed by atoms with Crippen LogP contribution in [-0.2, 0) is 6.54 Å². The van der Waals surface area contributed by atoms with Crippen LogP contribution in [0, 0.1) is 4.77 Å². The average molecular weight is 246 g/mol. The van der Waals surface area contributed by atoms with Gasteiger partial charge in [0.05, 0.1) is 12.8 Å². The van der Waals surface area contributed by atoms with Crippen molar-refractivity contribution < 1.29 is 4.74 Å². The van der Waals surface area contributed by atoms with Gasteiger partial charge in [0.1, 0.15) is 5.75 Å². The van der Waals surface area contributed by atoms with Crippen molar-refractivity contribution in [3.63, 3.8) is 0 Å². The van der Waals surface area contributed by atoms with Gasteiger partial charge in [0.15, 0.2) is 4.77 Å². The van der Waals surface area contributed by atoms with E-state index in [9.17, 15) is 0 Å². The molecule has 0 radical (unpaired) electrons. The van der Waals surface area contributed by atoms with E-state index in [1.807, 2.05) is 41.1 Å². The third kappa shape index (κ3) is 2.31. The van der Waals surface area contributed by atoms with Crippen LogP contribution in [-0.4, -0.2) is 16.7 Å². The summed E-state index contributed by atoms with van der Waals surface area (Å²) in [5, 5.41) is 0. The summed E-state index contributed by atoms with van der Waals surface area (Å²) in [5.74, 6) is 0.846. The molecule has 2 aromatic rings. The Labute approximate surface area is 105 Å². The van der Waals surface area contributed by atoms with E-state index in [1.54, 1.807) is 7.11 Å². The summed E-state index contributed by atoms with van der Waals surface area (Å²) in [4.78, 5) is 3.05. The van der Waals surface area contributed by atoms with Crippen LogP contribution in [0.3, 0.4) is 0 Å². The number of allylic oxidation sites excluding steroid dienone is 1. The second-order valence-electron chi connectivity index (χ2n) is 3.61. The number of nitrogens with zero attached hydrogens (tertiary/aromatic N) is 1. The van der Waals surface area contributed by atoms with Gasteiger partial charge in [-0.15, -0.1) is 6.58 Å². The molecule has 0 aliphatic rings. The second kappa shape index (κ2) is 5.01. The molecule has 0 atom stereocenters. The fourth-order valence-electron chi connectivity index (χ4n) is 1.71. The summed E-state index contributed by atoms with van der Waals surface area (Å²) < 4.78 is 7.85. The van der Waals surface area contributed by atoms with E-state index in [1.165, 1.54) is 0 Å². The second-order valence-corrected chi connectivity index (χ2v) is 3.99. The first-order chi connectivity index (χ1) is 8.26. The van der Waals surface area contributed by atoms with Crippen molar-refractivity contribution >= 4 is 12.2 Å². The lowest BCUT2D eigenvalue weighted by atomic mass is 10.1. The summed E-state index contributed by atoms with van der Waals surface area (Å²) in [7, 11) is 1.66. The number of ether oxygens (including phenoxy) is 1. The quantitative estimate of drug-likeness (QED) is 0.662. The van der Waals surface area contributed by atoms with E-state index in [4.69, 9.17) is 17.0 Å². The number of benzene rings is 1. The zero-order chi connectivity index (χ0) is 12.3. The molecule has 0 spiro atoms. The van der Waals surface area contributed by atoms with Gasteiger partial charge in [-0.25, -0.2) is 0 Å². The number of imidazole rings is 1. The third-order valence-electron chi connectivity index (χ3n) is 2.57. The predicted octanol–water partition coefficient (Wildman–Crippen LogP) is 3.41. The molecule has 0 aliphatic heterocycles. The minimum Gasteiger partial charge on any atom is -0.497 e. The fourth-order valence-corrected chi connectivity index (χ4v) is 1.94. The molecule has 4 heteroatoms. The normalized spacial score (nSPS) is 10.2. The number of methoxy groups -OCH3 is 1. The Bertz CT molecular complexity index is 566. The average Bonchev–Trinajstić information content (AvgIpc) is 2.72. The van der Waals surface area contributed by atoms with E-state index in [-0.39, 0.29) is 0 Å². The Morgan fingerprint density at radius 1 is 1.41 bits per heavy atom. The molecule has 17 heavy (non-hydrogen) atoms. The molecule has 1 N–H and O–H groups in total. The summed E-state index contributed by atoms with van der Waals surface area (Å²) in [6.45, 7) is 4.44. The topological polar surface area (TPSA) is 29.9 Å². The summed E-state index contributed by atoms with van der Waals surface area (Å²) >= 11 is 5.22. The Kier molecular flexibility index (Phi) is 3.44. The highest BCUT2D eigenvalue weighted by Gasteiger charge is 2.05. The van der Waals surface area contributed by atoms with Crippen molar-refractivity contribution in [3.8, 4) is 17.0 Å². The van der Waals surface area contributed by atoms with Crippen LogP contribution in [0.5, 0.6) is 5.75 Å². The van der Waals surface area contributed by atoms with Gasteiger partial charge >= 0.3 is 0 Å². The zero-order valence-electron chi connectivity index (χ0n) is 9.64. The molecule has 88 valence electrons. The van der Waals surface area contributed by atoms with Crippen LogP contribution in [0.2, 0.25) is 0 Å². The predicted molar refractivity (Wildman–Crippen MR) is 71.8 cm³/mol. The SMILES string of the molecule is C=CCn1c(-c2ccc(OC)cc2)c[nH]c1=S. The fraction of sp³-hybridized carbons (Fsp3) is 0.154. The van der Waals surface area contributed by atoms with E-state index < -0.39 is 0 Å². The highest BCUT2D eigenvalue weighted by molar-refractivity contribution is 7.71. The molecule has 0 saturated heterocycles. The summed E-state index contributed by atoms with van der Waals surface area (Å²) in [6, 6.07) is 7.89. The summed E-state index contributed by atoms with van der Waals surface area (Å²) in [6.07, 6.45) is 3.74. The number of hydrogen-bond acceptors (Lipinski definition) is 2. The van der Waals surface area contributed by atoms with E-state index in [2.05, 4.69) is 11.6 Å². The van der Waals surface area contributed by atoms with Crippen LogP contribution in [0.15, 0.2) is 43.1 Å². The molecule has 3 nitrogen and oxygen atoms in total. The molecule has 1 aromatic heterocycles. The van der Waals surface area contributed by atoms with Gasteiger partial charge in [0.2, 0.25) is 0 Å². The maximum atomic E-state index is 5.22. The number of aromatic nitrogens is 2. The first-order valence-electron chi connectivity index (χ1n) is 5.30. The first kappa shape index (κ1) is 11.7. The Morgan fingerprint density at radius 3 is 2.71 bits per heavy atom. The lowest BCUT2D eigenvalue weighted by molar-refractivity contribution is 0.415. The van der Waals surface area contributed by atoms with Gasteiger partial charge in [-0.2, -0.15) is 0 Å². The largest absolute Gasteiger partial charge is 0.497 e. The highest BCUT2D eigenvalue weighted by Crippen LogP contribution is 2.22. The van der Waals surface area contributed by atoms with Crippen molar-refractivity contribution in [2.45, 2.75) is 6.54 Å². The molecule has 0 saturated carbocycles.